The van der Waals surface area contributed by atoms with Gasteiger partial charge in [-0.05, 0) is 19.3 Å². The second-order valence-corrected chi connectivity index (χ2v) is 4.99. The van der Waals surface area contributed by atoms with Crippen LogP contribution in [0.5, 0.6) is 0 Å². The number of allylic oxidation sites excluding steroid dienone is 2. The summed E-state index contributed by atoms with van der Waals surface area (Å²) in [6, 6.07) is 0. The van der Waals surface area contributed by atoms with Crippen LogP contribution in [0.15, 0.2) is 12.2 Å². The van der Waals surface area contributed by atoms with Crippen molar-refractivity contribution in [3.05, 3.63) is 19.1 Å². The Morgan fingerprint density at radius 2 is 1.35 bits per heavy atom. The van der Waals surface area contributed by atoms with E-state index >= 15 is 0 Å². The van der Waals surface area contributed by atoms with Gasteiger partial charge in [0.25, 0.3) is 0 Å². The van der Waals surface area contributed by atoms with Crippen molar-refractivity contribution < 1.29 is 28.7 Å². The smallest absolute Gasteiger partial charge is 1.00 e. The van der Waals surface area contributed by atoms with Gasteiger partial charge in [0.15, 0.2) is 0 Å². The van der Waals surface area contributed by atoms with Gasteiger partial charge >= 0.3 is 23.1 Å². The van der Waals surface area contributed by atoms with Gasteiger partial charge < -0.3 is 35.6 Å². The Balaban J connectivity index is -0.00000144. The standard InChI is InChI=1S/C17H33O.HI.Mg/c1-3-5-7-9-10-11-13-15-17-18-16-14-12-8-6-4-2;;/h6,8H,2-5,7,9-17H2,1H3;1H;/q-1;;+2/p-1/b8-6-;;. The molecule has 1 nitrogen and oxygen atoms in total. The Labute approximate surface area is 160 Å². The van der Waals surface area contributed by atoms with E-state index in [1.807, 2.05) is 0 Å². The summed E-state index contributed by atoms with van der Waals surface area (Å²) in [4.78, 5) is 0. The quantitative estimate of drug-likeness (QED) is 0.142. The fourth-order valence-electron chi connectivity index (χ4n) is 1.98. The molecule has 20 heavy (non-hydrogen) atoms. The van der Waals surface area contributed by atoms with Crippen LogP contribution in [0, 0.1) is 6.92 Å². The molecule has 0 heterocycles. The summed E-state index contributed by atoms with van der Waals surface area (Å²) in [5.74, 6) is 0. The largest absolute Gasteiger partial charge is 2.00 e. The Morgan fingerprint density at radius 3 is 1.95 bits per heavy atom. The first-order chi connectivity index (χ1) is 8.91. The molecule has 0 saturated heterocycles. The zero-order valence-corrected chi connectivity index (χ0v) is 17.1. The maximum Gasteiger partial charge on any atom is 2.00 e. The molecule has 0 bridgehead atoms. The van der Waals surface area contributed by atoms with E-state index in [0.29, 0.717) is 0 Å². The van der Waals surface area contributed by atoms with Crippen LogP contribution in [0.3, 0.4) is 0 Å². The predicted molar refractivity (Wildman–Crippen MR) is 87.5 cm³/mol. The van der Waals surface area contributed by atoms with Crippen LogP contribution in [-0.2, 0) is 4.74 Å². The van der Waals surface area contributed by atoms with Crippen molar-refractivity contribution in [2.24, 2.45) is 0 Å². The number of rotatable bonds is 14. The molecule has 0 spiro atoms. The Bertz CT molecular complexity index is 174. The molecule has 116 valence electrons. The number of unbranched alkanes of at least 4 members (excludes halogenated alkanes) is 8. The zero-order chi connectivity index (χ0) is 13.3. The second-order valence-electron chi connectivity index (χ2n) is 4.99. The summed E-state index contributed by atoms with van der Waals surface area (Å²) < 4.78 is 5.61. The fourth-order valence-corrected chi connectivity index (χ4v) is 1.98. The fraction of sp³-hybridized carbons (Fsp3) is 0.824. The van der Waals surface area contributed by atoms with Crippen molar-refractivity contribution in [2.45, 2.75) is 77.6 Å². The first-order valence-electron chi connectivity index (χ1n) is 7.93. The summed E-state index contributed by atoms with van der Waals surface area (Å²) in [5.41, 5.74) is 0. The van der Waals surface area contributed by atoms with E-state index in [2.05, 4.69) is 26.0 Å². The molecule has 0 radical (unpaired) electrons. The molecule has 0 rings (SSSR count). The molecule has 0 aliphatic carbocycles. The maximum atomic E-state index is 5.61. The number of halogens is 1. The SMILES string of the molecule is [CH2-]C/C=C\CCCOCCCCCCCCCC.[I-].[Mg+2]. The molecular weight excluding hydrogens is 371 g/mol. The molecule has 0 unspecified atom stereocenters. The van der Waals surface area contributed by atoms with Gasteiger partial charge in [-0.2, -0.15) is 6.42 Å². The molecule has 0 atom stereocenters. The molecule has 3 heteroatoms. The second kappa shape index (κ2) is 25.2. The van der Waals surface area contributed by atoms with Crippen molar-refractivity contribution in [1.82, 2.24) is 0 Å². The van der Waals surface area contributed by atoms with Gasteiger partial charge in [-0.3, -0.25) is 0 Å². The van der Waals surface area contributed by atoms with E-state index in [9.17, 15) is 0 Å². The Morgan fingerprint density at radius 1 is 0.800 bits per heavy atom. The molecule has 0 aromatic heterocycles. The average molecular weight is 405 g/mol. The van der Waals surface area contributed by atoms with Crippen molar-refractivity contribution in [1.29, 1.82) is 0 Å². The van der Waals surface area contributed by atoms with E-state index in [-0.39, 0.29) is 47.0 Å². The van der Waals surface area contributed by atoms with Crippen molar-refractivity contribution >= 4 is 23.1 Å². The molecule has 0 fully saturated rings. The summed E-state index contributed by atoms with van der Waals surface area (Å²) in [5, 5.41) is 0. The summed E-state index contributed by atoms with van der Waals surface area (Å²) in [6.45, 7) is 7.90. The third-order valence-corrected chi connectivity index (χ3v) is 3.14. The third-order valence-electron chi connectivity index (χ3n) is 3.14. The Kier molecular flexibility index (Phi) is 32.9. The maximum absolute atomic E-state index is 5.61. The first-order valence-corrected chi connectivity index (χ1v) is 7.93. The van der Waals surface area contributed by atoms with Gasteiger partial charge in [-0.15, -0.1) is 6.08 Å². The van der Waals surface area contributed by atoms with E-state index in [1.54, 1.807) is 0 Å². The van der Waals surface area contributed by atoms with Crippen molar-refractivity contribution in [3.63, 3.8) is 0 Å². The normalized spacial score (nSPS) is 10.3. The zero-order valence-electron chi connectivity index (χ0n) is 13.5. The van der Waals surface area contributed by atoms with Crippen LogP contribution in [0.4, 0.5) is 0 Å². The minimum Gasteiger partial charge on any atom is -1.00 e. The van der Waals surface area contributed by atoms with Crippen LogP contribution in [0.1, 0.15) is 77.6 Å². The number of ether oxygens (including phenoxy) is 1. The molecule has 0 amide bonds. The monoisotopic (exact) mass is 404 g/mol. The van der Waals surface area contributed by atoms with Gasteiger partial charge in [0.05, 0.1) is 0 Å². The van der Waals surface area contributed by atoms with Crippen LogP contribution < -0.4 is 24.0 Å². The number of hydrogen-bond donors (Lipinski definition) is 0. The van der Waals surface area contributed by atoms with E-state index in [0.717, 1.165) is 32.5 Å². The molecule has 0 aliphatic heterocycles. The molecule has 0 N–H and O–H groups in total. The summed E-state index contributed by atoms with van der Waals surface area (Å²) in [6.07, 6.45) is 18.5. The van der Waals surface area contributed by atoms with Gasteiger partial charge in [-0.1, -0.05) is 57.9 Å². The van der Waals surface area contributed by atoms with Gasteiger partial charge in [0, 0.05) is 13.2 Å². The molecule has 0 aromatic rings. The Hall–Kier alpha value is 1.20. The molecule has 0 aliphatic rings. The molecule has 0 aromatic carbocycles. The average Bonchev–Trinajstić information content (AvgIpc) is 2.39. The van der Waals surface area contributed by atoms with Crippen molar-refractivity contribution in [3.8, 4) is 0 Å². The minimum atomic E-state index is 0. The van der Waals surface area contributed by atoms with Crippen molar-refractivity contribution in [2.75, 3.05) is 13.2 Å². The number of hydrogen-bond acceptors (Lipinski definition) is 1. The minimum absolute atomic E-state index is 0. The third kappa shape index (κ3) is 24.2. The first kappa shape index (κ1) is 26.1. The van der Waals surface area contributed by atoms with Gasteiger partial charge in [0.1, 0.15) is 0 Å². The van der Waals surface area contributed by atoms with Crippen LogP contribution in [0.25, 0.3) is 0 Å². The van der Waals surface area contributed by atoms with Gasteiger partial charge in [0.2, 0.25) is 0 Å². The van der Waals surface area contributed by atoms with Gasteiger partial charge in [-0.25, -0.2) is 0 Å². The molecule has 0 saturated carbocycles. The molecular formula is C17H33IMgO. The van der Waals surface area contributed by atoms with Crippen LogP contribution in [-0.4, -0.2) is 36.3 Å². The van der Waals surface area contributed by atoms with Crippen LogP contribution in [0.2, 0.25) is 0 Å². The van der Waals surface area contributed by atoms with E-state index in [4.69, 9.17) is 4.74 Å². The summed E-state index contributed by atoms with van der Waals surface area (Å²) >= 11 is 0. The summed E-state index contributed by atoms with van der Waals surface area (Å²) in [7, 11) is 0. The van der Waals surface area contributed by atoms with Crippen LogP contribution >= 0.6 is 0 Å². The van der Waals surface area contributed by atoms with E-state index < -0.39 is 0 Å². The van der Waals surface area contributed by atoms with E-state index in [1.165, 1.54) is 51.4 Å². The topological polar surface area (TPSA) is 9.23 Å². The predicted octanol–water partition coefficient (Wildman–Crippen LogP) is 2.33.